The van der Waals surface area contributed by atoms with E-state index in [1.165, 1.54) is 12.5 Å². The van der Waals surface area contributed by atoms with Crippen LogP contribution in [0.25, 0.3) is 0 Å². The Morgan fingerprint density at radius 3 is 2.41 bits per heavy atom. The van der Waals surface area contributed by atoms with E-state index in [2.05, 4.69) is 12.2 Å². The van der Waals surface area contributed by atoms with Crippen LogP contribution in [-0.4, -0.2) is 122 Å². The number of carboxylic acid groups (broad SMARTS) is 1. The maximum atomic E-state index is 11.9. The zero-order valence-electron chi connectivity index (χ0n) is 25.8. The molecule has 1 unspecified atom stereocenters. The monoisotopic (exact) mass is 651 g/mol. The molecule has 1 aromatic rings. The topological polar surface area (TPSA) is 225 Å². The number of hydrogen-bond donors (Lipinski definition) is 8. The fraction of sp³-hybridized carbons (Fsp3) is 0.750. The van der Waals surface area contributed by atoms with E-state index in [1.54, 1.807) is 6.07 Å². The van der Waals surface area contributed by atoms with Gasteiger partial charge in [-0.15, -0.1) is 0 Å². The van der Waals surface area contributed by atoms with Gasteiger partial charge in [0, 0.05) is 6.92 Å². The van der Waals surface area contributed by atoms with Gasteiger partial charge >= 0.3 is 5.97 Å². The molecule has 3 aliphatic carbocycles. The van der Waals surface area contributed by atoms with Crippen molar-refractivity contribution in [1.82, 2.24) is 5.32 Å². The van der Waals surface area contributed by atoms with E-state index < -0.39 is 79.8 Å². The van der Waals surface area contributed by atoms with Gasteiger partial charge in [-0.3, -0.25) is 4.79 Å². The molecule has 2 saturated carbocycles. The number of ether oxygens (including phenoxy) is 4. The number of fused-ring (bicyclic) bond motifs is 5. The van der Waals surface area contributed by atoms with Crippen molar-refractivity contribution in [3.05, 3.63) is 29.3 Å². The Morgan fingerprint density at radius 1 is 0.957 bits per heavy atom. The minimum Gasteiger partial charge on any atom is -0.479 e. The Balaban J connectivity index is 1.15. The number of carbonyl (C=O) groups is 2. The molecule has 2 heterocycles. The smallest absolute Gasteiger partial charge is 0.335 e. The third-order valence-corrected chi connectivity index (χ3v) is 11.2. The first kappa shape index (κ1) is 33.5. The SMILES string of the molecule is CC(=O)N[C@H]1C(O[C@@H]2CC[C@H]3[C@@H]4CCc5cc(O[C@@H]6O[C@H](C(=O)O)[C@@H](O)[C@H](O)[C@H]6O)ccc5[C@H]4CC[C@]23C)O[C@H](CO)[C@@H](O)[C@@H]1O. The number of carboxylic acids is 1. The van der Waals surface area contributed by atoms with Crippen LogP contribution in [0.15, 0.2) is 18.2 Å². The van der Waals surface area contributed by atoms with Crippen LogP contribution in [0.5, 0.6) is 5.75 Å². The van der Waals surface area contributed by atoms with Crippen molar-refractivity contribution in [2.75, 3.05) is 6.61 Å². The Bertz CT molecular complexity index is 1300. The van der Waals surface area contributed by atoms with E-state index in [0.29, 0.717) is 23.5 Å². The van der Waals surface area contributed by atoms with Crippen molar-refractivity contribution in [2.24, 2.45) is 17.3 Å². The fourth-order valence-electron chi connectivity index (χ4n) is 8.84. The molecular formula is C32H45NO13. The molecule has 14 nitrogen and oxygen atoms in total. The number of benzene rings is 1. The summed E-state index contributed by atoms with van der Waals surface area (Å²) in [5.41, 5.74) is 2.11. The predicted molar refractivity (Wildman–Crippen MR) is 156 cm³/mol. The van der Waals surface area contributed by atoms with Gasteiger partial charge < -0.3 is 60.0 Å². The van der Waals surface area contributed by atoms with Gasteiger partial charge in [-0.1, -0.05) is 13.0 Å². The second kappa shape index (κ2) is 12.9. The average molecular weight is 652 g/mol. The average Bonchev–Trinajstić information content (AvgIpc) is 3.36. The summed E-state index contributed by atoms with van der Waals surface area (Å²) >= 11 is 0. The molecule has 5 aliphatic rings. The summed E-state index contributed by atoms with van der Waals surface area (Å²) in [6.07, 6.45) is -8.28. The minimum absolute atomic E-state index is 0.192. The van der Waals surface area contributed by atoms with Crippen LogP contribution in [0.2, 0.25) is 0 Å². The van der Waals surface area contributed by atoms with Gasteiger partial charge in [0.05, 0.1) is 12.7 Å². The molecular weight excluding hydrogens is 606 g/mol. The molecule has 256 valence electrons. The zero-order chi connectivity index (χ0) is 33.1. The molecule has 46 heavy (non-hydrogen) atoms. The van der Waals surface area contributed by atoms with Gasteiger partial charge in [0.1, 0.15) is 48.4 Å². The number of aliphatic hydroxyl groups is 6. The Hall–Kier alpha value is -2.40. The summed E-state index contributed by atoms with van der Waals surface area (Å²) in [4.78, 5) is 23.4. The van der Waals surface area contributed by atoms with Crippen LogP contribution >= 0.6 is 0 Å². The lowest BCUT2D eigenvalue weighted by atomic mass is 9.55. The van der Waals surface area contributed by atoms with Crippen LogP contribution in [0.1, 0.15) is 63.0 Å². The molecule has 2 aliphatic heterocycles. The number of nitrogens with one attached hydrogen (secondary N) is 1. The lowest BCUT2D eigenvalue weighted by Crippen LogP contribution is -2.65. The molecule has 14 heteroatoms. The minimum atomic E-state index is -1.80. The third-order valence-electron chi connectivity index (χ3n) is 11.2. The molecule has 0 bridgehead atoms. The summed E-state index contributed by atoms with van der Waals surface area (Å²) in [5, 5.41) is 73.4. The molecule has 0 aromatic heterocycles. The molecule has 0 spiro atoms. The van der Waals surface area contributed by atoms with E-state index in [1.807, 2.05) is 12.1 Å². The number of hydrogen-bond acceptors (Lipinski definition) is 12. The van der Waals surface area contributed by atoms with Crippen LogP contribution < -0.4 is 10.1 Å². The summed E-state index contributed by atoms with van der Waals surface area (Å²) in [6.45, 7) is 3.04. The lowest BCUT2D eigenvalue weighted by Gasteiger charge is -2.51. The van der Waals surface area contributed by atoms with Gasteiger partial charge in [-0.05, 0) is 85.0 Å². The summed E-state index contributed by atoms with van der Waals surface area (Å²) in [7, 11) is 0. The van der Waals surface area contributed by atoms with Crippen molar-refractivity contribution in [3.63, 3.8) is 0 Å². The first-order valence-corrected chi connectivity index (χ1v) is 16.1. The third kappa shape index (κ3) is 5.81. The normalized spacial score (nSPS) is 45.2. The highest BCUT2D eigenvalue weighted by Crippen LogP contribution is 2.62. The van der Waals surface area contributed by atoms with E-state index in [4.69, 9.17) is 18.9 Å². The van der Waals surface area contributed by atoms with Crippen molar-refractivity contribution in [3.8, 4) is 5.75 Å². The number of aliphatic carboxylic acids is 1. The van der Waals surface area contributed by atoms with Crippen molar-refractivity contribution in [2.45, 2.75) is 126 Å². The number of aliphatic hydroxyl groups excluding tert-OH is 6. The molecule has 1 amide bonds. The van der Waals surface area contributed by atoms with Gasteiger partial charge in [0.15, 0.2) is 12.4 Å². The summed E-state index contributed by atoms with van der Waals surface area (Å²) in [6, 6.07) is 4.62. The maximum Gasteiger partial charge on any atom is 0.335 e. The van der Waals surface area contributed by atoms with Crippen LogP contribution in [0.4, 0.5) is 0 Å². The van der Waals surface area contributed by atoms with Crippen molar-refractivity contribution in [1.29, 1.82) is 0 Å². The fourth-order valence-corrected chi connectivity index (χ4v) is 8.84. The summed E-state index contributed by atoms with van der Waals surface area (Å²) < 4.78 is 23.5. The molecule has 1 aromatic carbocycles. The quantitative estimate of drug-likeness (QED) is 0.180. The van der Waals surface area contributed by atoms with Gasteiger partial charge in [0.25, 0.3) is 0 Å². The highest BCUT2D eigenvalue weighted by molar-refractivity contribution is 5.73. The van der Waals surface area contributed by atoms with Gasteiger partial charge in [0.2, 0.25) is 12.2 Å². The first-order chi connectivity index (χ1) is 21.8. The number of aryl methyl sites for hydroxylation is 1. The van der Waals surface area contributed by atoms with E-state index in [0.717, 1.165) is 44.1 Å². The Labute approximate surface area is 266 Å². The molecule has 2 saturated heterocycles. The van der Waals surface area contributed by atoms with Crippen LogP contribution in [0.3, 0.4) is 0 Å². The van der Waals surface area contributed by atoms with E-state index in [-0.39, 0.29) is 11.5 Å². The zero-order valence-corrected chi connectivity index (χ0v) is 25.8. The Kier molecular flexibility index (Phi) is 9.39. The van der Waals surface area contributed by atoms with Gasteiger partial charge in [-0.25, -0.2) is 4.79 Å². The molecule has 4 fully saturated rings. The summed E-state index contributed by atoms with van der Waals surface area (Å²) in [5.74, 6) is -0.480. The predicted octanol–water partition coefficient (Wildman–Crippen LogP) is -0.857. The largest absolute Gasteiger partial charge is 0.479 e. The highest BCUT2D eigenvalue weighted by Gasteiger charge is 2.57. The molecule has 0 radical (unpaired) electrons. The van der Waals surface area contributed by atoms with Gasteiger partial charge in [-0.2, -0.15) is 0 Å². The molecule has 8 N–H and O–H groups in total. The second-order valence-electron chi connectivity index (χ2n) is 13.8. The maximum absolute atomic E-state index is 11.9. The Morgan fingerprint density at radius 2 is 1.72 bits per heavy atom. The standard InChI is InChI=1S/C32H45NO13/c1-13(35)33-22-24(37)23(36)20(12-34)44-30(22)45-21-8-7-19-18-5-3-14-11-15(4-6-16(14)17(18)9-10-32(19,21)2)43-31-27(40)25(38)26(39)28(46-31)29(41)42/h4,6,11,17-28,30-31,34,36-40H,3,5,7-10,12H2,1-2H3,(H,33,35)(H,41,42)/t17-,18-,19+,20-,21-,22-,23-,24-,25+,26+,27-,28+,30?,31-,32+/m1/s1. The number of amides is 1. The molecule has 6 rings (SSSR count). The number of carbonyl (C=O) groups excluding carboxylic acids is 1. The van der Waals surface area contributed by atoms with E-state index >= 15 is 0 Å². The van der Waals surface area contributed by atoms with E-state index in [9.17, 15) is 45.3 Å². The first-order valence-electron chi connectivity index (χ1n) is 16.1. The van der Waals surface area contributed by atoms with Crippen molar-refractivity contribution >= 4 is 11.9 Å². The highest BCUT2D eigenvalue weighted by atomic mass is 16.7. The number of rotatable bonds is 7. The molecule has 15 atom stereocenters. The van der Waals surface area contributed by atoms with Crippen LogP contribution in [-0.2, 0) is 30.2 Å². The van der Waals surface area contributed by atoms with Crippen molar-refractivity contribution < 1.29 is 64.3 Å². The second-order valence-corrected chi connectivity index (χ2v) is 13.8. The van der Waals surface area contributed by atoms with Crippen LogP contribution in [0, 0.1) is 17.3 Å². The lowest BCUT2D eigenvalue weighted by molar-refractivity contribution is -0.291.